The van der Waals surface area contributed by atoms with Gasteiger partial charge in [0, 0.05) is 27.2 Å². The van der Waals surface area contributed by atoms with Crippen LogP contribution in [0.5, 0.6) is 0 Å². The molecule has 1 aliphatic rings. The minimum atomic E-state index is 0.641. The molecule has 29 heavy (non-hydrogen) atoms. The largest absolute Gasteiger partial charge is 0.340 e. The van der Waals surface area contributed by atoms with Gasteiger partial charge in [-0.15, -0.1) is 5.10 Å². The molecule has 7 heteroatoms. The fourth-order valence-corrected chi connectivity index (χ4v) is 4.14. The third-order valence-corrected chi connectivity index (χ3v) is 6.39. The van der Waals surface area contributed by atoms with Gasteiger partial charge in [0.2, 0.25) is 0 Å². The first-order valence-electron chi connectivity index (χ1n) is 9.62. The summed E-state index contributed by atoms with van der Waals surface area (Å²) in [5.74, 6) is 2.36. The van der Waals surface area contributed by atoms with E-state index in [1.807, 2.05) is 28.8 Å². The second-order valence-corrected chi connectivity index (χ2v) is 8.66. The van der Waals surface area contributed by atoms with Crippen molar-refractivity contribution in [3.05, 3.63) is 80.2 Å². The van der Waals surface area contributed by atoms with E-state index in [0.29, 0.717) is 12.2 Å². The topological polar surface area (TPSA) is 55.1 Å². The fourth-order valence-electron chi connectivity index (χ4n) is 3.77. The second-order valence-electron chi connectivity index (χ2n) is 7.37. The molecular formula is C22H19BrClN5. The van der Waals surface area contributed by atoms with Crippen molar-refractivity contribution in [1.82, 2.24) is 19.6 Å². The van der Waals surface area contributed by atoms with Gasteiger partial charge in [-0.3, -0.25) is 0 Å². The van der Waals surface area contributed by atoms with Crippen LogP contribution < -0.4 is 5.32 Å². The Kier molecular flexibility index (Phi) is 4.76. The second kappa shape index (κ2) is 7.43. The molecule has 0 bridgehead atoms. The molecule has 2 heterocycles. The van der Waals surface area contributed by atoms with Gasteiger partial charge in [0.1, 0.15) is 5.82 Å². The Labute approximate surface area is 182 Å². The Morgan fingerprint density at radius 2 is 1.93 bits per heavy atom. The summed E-state index contributed by atoms with van der Waals surface area (Å²) in [5, 5.41) is 9.09. The minimum absolute atomic E-state index is 0.641. The van der Waals surface area contributed by atoms with Crippen molar-refractivity contribution in [1.29, 1.82) is 0 Å². The summed E-state index contributed by atoms with van der Waals surface area (Å²) in [6.07, 6.45) is 3.74. The van der Waals surface area contributed by atoms with E-state index in [-0.39, 0.29) is 0 Å². The van der Waals surface area contributed by atoms with Crippen molar-refractivity contribution in [2.45, 2.75) is 32.6 Å². The van der Waals surface area contributed by atoms with E-state index in [0.717, 1.165) is 57.3 Å². The van der Waals surface area contributed by atoms with Gasteiger partial charge in [-0.05, 0) is 67.6 Å². The Morgan fingerprint density at radius 3 is 2.72 bits per heavy atom. The highest BCUT2D eigenvalue weighted by Gasteiger charge is 2.22. The molecule has 1 N–H and O–H groups in total. The van der Waals surface area contributed by atoms with Crippen molar-refractivity contribution in [3.8, 4) is 0 Å². The highest BCUT2D eigenvalue weighted by Crippen LogP contribution is 2.31. The van der Waals surface area contributed by atoms with Gasteiger partial charge >= 0.3 is 0 Å². The molecule has 0 saturated carbocycles. The summed E-state index contributed by atoms with van der Waals surface area (Å²) in [6, 6.07) is 14.0. The predicted octanol–water partition coefficient (Wildman–Crippen LogP) is 5.67. The molecule has 0 aliphatic heterocycles. The molecule has 0 radical (unpaired) electrons. The summed E-state index contributed by atoms with van der Waals surface area (Å²) in [7, 11) is 0. The van der Waals surface area contributed by atoms with E-state index in [9.17, 15) is 0 Å². The van der Waals surface area contributed by atoms with E-state index in [4.69, 9.17) is 26.7 Å². The monoisotopic (exact) mass is 467 g/mol. The standard InChI is InChI=1S/C22H19BrClN5/c1-13-11-16(9-10-18(13)23)25-21-17-3-2-4-19(17)26-22-27-20(28-29(21)22)12-14-5-7-15(24)8-6-14/h5-11,25H,2-4,12H2,1H3. The van der Waals surface area contributed by atoms with Gasteiger partial charge in [0.05, 0.1) is 5.69 Å². The third kappa shape index (κ3) is 3.63. The maximum absolute atomic E-state index is 6.00. The van der Waals surface area contributed by atoms with Crippen molar-refractivity contribution in [2.24, 2.45) is 0 Å². The van der Waals surface area contributed by atoms with E-state index < -0.39 is 0 Å². The number of nitrogens with one attached hydrogen (secondary N) is 1. The molecule has 1 aliphatic carbocycles. The molecule has 0 fully saturated rings. The SMILES string of the molecule is Cc1cc(Nc2c3c(nc4nc(Cc5ccc(Cl)cc5)nn24)CCC3)ccc1Br. The zero-order valence-corrected chi connectivity index (χ0v) is 18.3. The van der Waals surface area contributed by atoms with Crippen LogP contribution in [0.1, 0.15) is 34.6 Å². The summed E-state index contributed by atoms with van der Waals surface area (Å²) in [4.78, 5) is 9.49. The number of hydrogen-bond acceptors (Lipinski definition) is 4. The molecule has 5 rings (SSSR count). The van der Waals surface area contributed by atoms with Gasteiger partial charge in [0.25, 0.3) is 5.78 Å². The number of fused-ring (bicyclic) bond motifs is 2. The number of nitrogens with zero attached hydrogens (tertiary/aromatic N) is 4. The number of rotatable bonds is 4. The number of anilines is 2. The van der Waals surface area contributed by atoms with Crippen molar-refractivity contribution in [3.63, 3.8) is 0 Å². The summed E-state index contributed by atoms with van der Waals surface area (Å²) in [6.45, 7) is 2.08. The van der Waals surface area contributed by atoms with Crippen LogP contribution in [0.15, 0.2) is 46.9 Å². The molecule has 0 saturated heterocycles. The first kappa shape index (κ1) is 18.6. The zero-order chi connectivity index (χ0) is 20.0. The highest BCUT2D eigenvalue weighted by atomic mass is 79.9. The molecule has 2 aromatic carbocycles. The summed E-state index contributed by atoms with van der Waals surface area (Å²) < 4.78 is 2.95. The zero-order valence-electron chi connectivity index (χ0n) is 15.9. The number of aromatic nitrogens is 4. The average Bonchev–Trinajstić information content (AvgIpc) is 3.33. The molecule has 146 valence electrons. The number of aryl methyl sites for hydroxylation is 2. The van der Waals surface area contributed by atoms with Crippen LogP contribution in [0, 0.1) is 6.92 Å². The average molecular weight is 469 g/mol. The first-order valence-corrected chi connectivity index (χ1v) is 10.8. The Morgan fingerprint density at radius 1 is 1.10 bits per heavy atom. The van der Waals surface area contributed by atoms with Crippen LogP contribution in [0.2, 0.25) is 5.02 Å². The number of benzene rings is 2. The van der Waals surface area contributed by atoms with Crippen LogP contribution in [0.25, 0.3) is 5.78 Å². The van der Waals surface area contributed by atoms with Crippen LogP contribution in [0.3, 0.4) is 0 Å². The molecule has 0 atom stereocenters. The van der Waals surface area contributed by atoms with Crippen LogP contribution in [-0.4, -0.2) is 19.6 Å². The first-order chi connectivity index (χ1) is 14.1. The smallest absolute Gasteiger partial charge is 0.254 e. The van der Waals surface area contributed by atoms with Crippen LogP contribution in [-0.2, 0) is 19.3 Å². The van der Waals surface area contributed by atoms with Crippen molar-refractivity contribution < 1.29 is 0 Å². The summed E-state index contributed by atoms with van der Waals surface area (Å²) in [5.41, 5.74) is 5.69. The molecule has 0 unspecified atom stereocenters. The minimum Gasteiger partial charge on any atom is -0.340 e. The lowest BCUT2D eigenvalue weighted by atomic mass is 10.1. The lowest BCUT2D eigenvalue weighted by molar-refractivity contribution is 0.885. The van der Waals surface area contributed by atoms with Crippen molar-refractivity contribution >= 4 is 44.8 Å². The van der Waals surface area contributed by atoms with Gasteiger partial charge in [-0.25, -0.2) is 4.98 Å². The number of halogens is 2. The molecule has 4 aromatic rings. The quantitative estimate of drug-likeness (QED) is 0.419. The van der Waals surface area contributed by atoms with Gasteiger partial charge in [0.15, 0.2) is 5.82 Å². The predicted molar refractivity (Wildman–Crippen MR) is 119 cm³/mol. The Hall–Kier alpha value is -2.44. The van der Waals surface area contributed by atoms with E-state index >= 15 is 0 Å². The fraction of sp³-hybridized carbons (Fsp3) is 0.227. The maximum atomic E-state index is 6.00. The highest BCUT2D eigenvalue weighted by molar-refractivity contribution is 9.10. The molecule has 5 nitrogen and oxygen atoms in total. The lowest BCUT2D eigenvalue weighted by Crippen LogP contribution is -2.07. The Balaban J connectivity index is 1.56. The van der Waals surface area contributed by atoms with Crippen LogP contribution in [0.4, 0.5) is 11.5 Å². The van der Waals surface area contributed by atoms with E-state index in [2.05, 4.69) is 46.4 Å². The van der Waals surface area contributed by atoms with Gasteiger partial charge < -0.3 is 5.32 Å². The normalized spacial score (nSPS) is 13.1. The molecule has 2 aromatic heterocycles. The number of hydrogen-bond donors (Lipinski definition) is 1. The lowest BCUT2D eigenvalue weighted by Gasteiger charge is -2.13. The Bertz CT molecular complexity index is 1220. The molecular weight excluding hydrogens is 450 g/mol. The molecule has 0 amide bonds. The maximum Gasteiger partial charge on any atom is 0.254 e. The molecule has 0 spiro atoms. The van der Waals surface area contributed by atoms with Crippen LogP contribution >= 0.6 is 27.5 Å². The summed E-state index contributed by atoms with van der Waals surface area (Å²) >= 11 is 9.57. The van der Waals surface area contributed by atoms with Crippen molar-refractivity contribution in [2.75, 3.05) is 5.32 Å². The van der Waals surface area contributed by atoms with Gasteiger partial charge in [-0.1, -0.05) is 39.7 Å². The van der Waals surface area contributed by atoms with E-state index in [1.54, 1.807) is 0 Å². The van der Waals surface area contributed by atoms with E-state index in [1.165, 1.54) is 11.1 Å². The third-order valence-electron chi connectivity index (χ3n) is 5.25. The van der Waals surface area contributed by atoms with Gasteiger partial charge in [-0.2, -0.15) is 9.50 Å².